The summed E-state index contributed by atoms with van der Waals surface area (Å²) in [7, 11) is -4.28. The van der Waals surface area contributed by atoms with Crippen LogP contribution in [0.5, 0.6) is 0 Å². The van der Waals surface area contributed by atoms with E-state index in [0.29, 0.717) is 17.6 Å². The van der Waals surface area contributed by atoms with Crippen molar-refractivity contribution in [2.45, 2.75) is 17.1 Å². The molecule has 2 aromatic rings. The molecule has 0 saturated carbocycles. The molecule has 1 aliphatic heterocycles. The van der Waals surface area contributed by atoms with Gasteiger partial charge in [0.15, 0.2) is 5.78 Å². The van der Waals surface area contributed by atoms with E-state index in [9.17, 15) is 36.3 Å². The Hall–Kier alpha value is -2.61. The molecule has 1 fully saturated rings. The van der Waals surface area contributed by atoms with Crippen molar-refractivity contribution < 1.29 is 36.3 Å². The van der Waals surface area contributed by atoms with E-state index in [1.165, 1.54) is 10.4 Å². The third kappa shape index (κ3) is 4.90. The van der Waals surface area contributed by atoms with E-state index < -0.39 is 55.5 Å². The number of pyridine rings is 1. The van der Waals surface area contributed by atoms with Gasteiger partial charge < -0.3 is 10.4 Å². The molecule has 2 heterocycles. The maximum atomic E-state index is 13.7. The molecule has 8 nitrogen and oxygen atoms in total. The number of hydrogen-bond acceptors (Lipinski definition) is 7. The Morgan fingerprint density at radius 2 is 1.94 bits per heavy atom. The quantitative estimate of drug-likeness (QED) is 0.583. The van der Waals surface area contributed by atoms with E-state index in [-0.39, 0.29) is 29.2 Å². The third-order valence-corrected chi connectivity index (χ3v) is 8.53. The molecular weight excluding hydrogens is 531 g/mol. The highest BCUT2D eigenvalue weighted by Crippen LogP contribution is 2.41. The number of benzene rings is 1. The number of halogens is 4. The molecule has 1 unspecified atom stereocenters. The molecule has 186 valence electrons. The Labute approximate surface area is 206 Å². The molecule has 2 aliphatic rings. The second-order valence-electron chi connectivity index (χ2n) is 7.63. The molecule has 0 bridgehead atoms. The summed E-state index contributed by atoms with van der Waals surface area (Å²) < 4.78 is 69.4. The van der Waals surface area contributed by atoms with Crippen molar-refractivity contribution in [3.05, 3.63) is 52.7 Å². The summed E-state index contributed by atoms with van der Waals surface area (Å²) in [5.41, 5.74) is -2.59. The Balaban J connectivity index is 1.99. The van der Waals surface area contributed by atoms with Crippen LogP contribution in [0.1, 0.15) is 5.56 Å². The summed E-state index contributed by atoms with van der Waals surface area (Å²) in [5, 5.41) is 11.5. The molecule has 4 rings (SSSR count). The van der Waals surface area contributed by atoms with Crippen molar-refractivity contribution >= 4 is 61.7 Å². The van der Waals surface area contributed by atoms with Gasteiger partial charge in [-0.1, -0.05) is 17.7 Å². The first-order valence-electron chi connectivity index (χ1n) is 10.1. The molecule has 0 radical (unpaired) electrons. The number of ketones is 1. The zero-order chi connectivity index (χ0) is 25.5. The molecule has 1 aromatic heterocycles. The Morgan fingerprint density at radius 1 is 1.26 bits per heavy atom. The predicted molar refractivity (Wildman–Crippen MR) is 125 cm³/mol. The van der Waals surface area contributed by atoms with E-state index in [0.717, 1.165) is 24.4 Å². The lowest BCUT2D eigenvalue weighted by Gasteiger charge is -2.28. The summed E-state index contributed by atoms with van der Waals surface area (Å²) in [6, 6.07) is 0.204. The second kappa shape index (κ2) is 9.45. The zero-order valence-corrected chi connectivity index (χ0v) is 20.1. The van der Waals surface area contributed by atoms with Crippen LogP contribution in [0.3, 0.4) is 0 Å². The van der Waals surface area contributed by atoms with Crippen LogP contribution in [0.25, 0.3) is 10.9 Å². The SMILES string of the molecule is O=C(O)C1=CC=CC(=O)C1Nc1c(S(=O)(=O)N2CCSCC2)cnc2c(C(F)(F)F)cc(Cl)cc12. The Morgan fingerprint density at radius 3 is 2.57 bits per heavy atom. The maximum Gasteiger partial charge on any atom is 0.418 e. The number of thioether (sulfide) groups is 1. The van der Waals surface area contributed by atoms with Gasteiger partial charge in [-0.2, -0.15) is 29.2 Å². The number of carbonyl (C=O) groups excluding carboxylic acids is 1. The fourth-order valence-corrected chi connectivity index (χ4v) is 6.72. The van der Waals surface area contributed by atoms with E-state index in [1.807, 2.05) is 0 Å². The van der Waals surface area contributed by atoms with Crippen molar-refractivity contribution in [3.63, 3.8) is 0 Å². The van der Waals surface area contributed by atoms with Crippen LogP contribution in [-0.4, -0.2) is 65.2 Å². The minimum absolute atomic E-state index is 0.166. The lowest BCUT2D eigenvalue weighted by molar-refractivity contribution is -0.136. The van der Waals surface area contributed by atoms with Crippen LogP contribution in [0, 0.1) is 0 Å². The summed E-state index contributed by atoms with van der Waals surface area (Å²) in [5.74, 6) is -1.13. The molecule has 1 aromatic carbocycles. The number of hydrogen-bond donors (Lipinski definition) is 2. The van der Waals surface area contributed by atoms with Crippen LogP contribution in [-0.2, 0) is 25.8 Å². The zero-order valence-electron chi connectivity index (χ0n) is 17.7. The Bertz CT molecular complexity index is 1390. The van der Waals surface area contributed by atoms with Crippen LogP contribution < -0.4 is 5.32 Å². The van der Waals surface area contributed by atoms with E-state index >= 15 is 0 Å². The number of sulfonamides is 1. The van der Waals surface area contributed by atoms with E-state index in [4.69, 9.17) is 11.6 Å². The van der Waals surface area contributed by atoms with Gasteiger partial charge in [0.05, 0.1) is 22.3 Å². The minimum Gasteiger partial charge on any atom is -0.478 e. The molecule has 2 N–H and O–H groups in total. The highest BCUT2D eigenvalue weighted by atomic mass is 35.5. The summed E-state index contributed by atoms with van der Waals surface area (Å²) in [4.78, 5) is 27.6. The number of rotatable bonds is 5. The summed E-state index contributed by atoms with van der Waals surface area (Å²) in [6.07, 6.45) is -0.630. The van der Waals surface area contributed by atoms with Gasteiger partial charge in [-0.25, -0.2) is 13.2 Å². The van der Waals surface area contributed by atoms with Gasteiger partial charge in [0.1, 0.15) is 10.9 Å². The fourth-order valence-electron chi connectivity index (χ4n) is 3.82. The average Bonchev–Trinajstić information content (AvgIpc) is 2.79. The first-order chi connectivity index (χ1) is 16.4. The van der Waals surface area contributed by atoms with E-state index in [2.05, 4.69) is 10.3 Å². The van der Waals surface area contributed by atoms with Gasteiger partial charge >= 0.3 is 12.1 Å². The highest BCUT2D eigenvalue weighted by molar-refractivity contribution is 7.99. The third-order valence-electron chi connectivity index (χ3n) is 5.46. The normalized spacial score (nSPS) is 19.6. The van der Waals surface area contributed by atoms with Gasteiger partial charge in [-0.05, 0) is 24.3 Å². The smallest absolute Gasteiger partial charge is 0.418 e. The van der Waals surface area contributed by atoms with Gasteiger partial charge in [-0.3, -0.25) is 9.78 Å². The fraction of sp³-hybridized carbons (Fsp3) is 0.286. The van der Waals surface area contributed by atoms with Gasteiger partial charge in [0.2, 0.25) is 10.0 Å². The average molecular weight is 548 g/mol. The number of carboxylic acids is 1. The molecule has 1 aliphatic carbocycles. The number of carboxylic acid groups (broad SMARTS) is 1. The van der Waals surface area contributed by atoms with Crippen LogP contribution in [0.2, 0.25) is 5.02 Å². The first-order valence-corrected chi connectivity index (χ1v) is 13.1. The number of fused-ring (bicyclic) bond motifs is 1. The molecule has 0 amide bonds. The van der Waals surface area contributed by atoms with Crippen molar-refractivity contribution in [2.24, 2.45) is 0 Å². The number of carbonyl (C=O) groups is 2. The topological polar surface area (TPSA) is 117 Å². The monoisotopic (exact) mass is 547 g/mol. The van der Waals surface area contributed by atoms with Crippen molar-refractivity contribution in [1.82, 2.24) is 9.29 Å². The standard InChI is InChI=1S/C21H17ClF3N3O5S2/c22-11-8-13-17(14(9-11)21(23,24)25)26-10-16(35(32,33)28-4-6-34-7-5-28)19(13)27-18-12(20(30)31)2-1-3-15(18)29/h1-3,8-10,18H,4-7H2,(H,26,27)(H,30,31). The van der Waals surface area contributed by atoms with Crippen LogP contribution in [0.15, 0.2) is 47.0 Å². The van der Waals surface area contributed by atoms with Crippen molar-refractivity contribution in [2.75, 3.05) is 29.9 Å². The van der Waals surface area contributed by atoms with E-state index in [1.54, 1.807) is 11.8 Å². The molecular formula is C21H17ClF3N3O5S2. The predicted octanol–water partition coefficient (Wildman–Crippen LogP) is 3.57. The molecule has 1 saturated heterocycles. The number of allylic oxidation sites excluding steroid dienone is 2. The molecule has 35 heavy (non-hydrogen) atoms. The van der Waals surface area contributed by atoms with Crippen molar-refractivity contribution in [3.8, 4) is 0 Å². The number of aliphatic carboxylic acids is 1. The number of nitrogens with one attached hydrogen (secondary N) is 1. The first kappa shape index (κ1) is 25.5. The van der Waals surface area contributed by atoms with Gasteiger partial charge in [0.25, 0.3) is 0 Å². The summed E-state index contributed by atoms with van der Waals surface area (Å²) in [6.45, 7) is 0.332. The van der Waals surface area contributed by atoms with Crippen LogP contribution in [0.4, 0.5) is 18.9 Å². The van der Waals surface area contributed by atoms with Crippen molar-refractivity contribution in [1.29, 1.82) is 0 Å². The molecule has 14 heteroatoms. The largest absolute Gasteiger partial charge is 0.478 e. The van der Waals surface area contributed by atoms with Gasteiger partial charge in [-0.15, -0.1) is 0 Å². The Kier molecular flexibility index (Phi) is 6.88. The lowest BCUT2D eigenvalue weighted by Crippen LogP contribution is -2.39. The highest BCUT2D eigenvalue weighted by Gasteiger charge is 2.37. The maximum absolute atomic E-state index is 13.7. The van der Waals surface area contributed by atoms with Crippen LogP contribution >= 0.6 is 23.4 Å². The molecule has 1 atom stereocenters. The number of nitrogens with zero attached hydrogens (tertiary/aromatic N) is 2. The lowest BCUT2D eigenvalue weighted by atomic mass is 9.97. The second-order valence-corrected chi connectivity index (χ2v) is 11.2. The number of anilines is 1. The molecule has 0 spiro atoms. The number of aromatic nitrogens is 1. The minimum atomic E-state index is -4.87. The number of alkyl halides is 3. The summed E-state index contributed by atoms with van der Waals surface area (Å²) >= 11 is 7.52. The van der Waals surface area contributed by atoms with Gasteiger partial charge in [0, 0.05) is 41.2 Å².